The van der Waals surface area contributed by atoms with Gasteiger partial charge in [0, 0.05) is 16.1 Å². The Kier molecular flexibility index (Phi) is 2.25. The molecular weight excluding hydrogens is 251 g/mol. The van der Waals surface area contributed by atoms with E-state index in [9.17, 15) is 4.39 Å². The molecule has 0 saturated heterocycles. The summed E-state index contributed by atoms with van der Waals surface area (Å²) in [5.74, 6) is -0.0756. The van der Waals surface area contributed by atoms with Crippen LogP contribution < -0.4 is 5.73 Å². The highest BCUT2D eigenvalue weighted by Crippen LogP contribution is 2.28. The van der Waals surface area contributed by atoms with Crippen LogP contribution in [-0.2, 0) is 0 Å². The van der Waals surface area contributed by atoms with Gasteiger partial charge in [-0.25, -0.2) is 4.39 Å². The van der Waals surface area contributed by atoms with Crippen LogP contribution in [-0.4, -0.2) is 5.16 Å². The molecule has 0 aliphatic heterocycles. The molecule has 72 valence electrons. The Bertz CT molecular complexity index is 470. The fraction of sp³-hybridized carbons (Fsp3) is 0. The fourth-order valence-electron chi connectivity index (χ4n) is 1.11. The molecule has 0 bridgehead atoms. The summed E-state index contributed by atoms with van der Waals surface area (Å²) in [6.07, 6.45) is 0. The molecule has 2 N–H and O–H groups in total. The van der Waals surface area contributed by atoms with Crippen LogP contribution in [0.3, 0.4) is 0 Å². The van der Waals surface area contributed by atoms with Gasteiger partial charge < -0.3 is 10.3 Å². The van der Waals surface area contributed by atoms with Gasteiger partial charge in [-0.1, -0.05) is 5.16 Å². The number of nitrogen functional groups attached to an aromatic ring is 1. The highest BCUT2D eigenvalue weighted by Gasteiger charge is 2.08. The number of anilines is 1. The fourth-order valence-corrected chi connectivity index (χ4v) is 1.67. The molecule has 0 fully saturated rings. The first-order valence-electron chi connectivity index (χ1n) is 3.84. The minimum Gasteiger partial charge on any atom is -0.368 e. The lowest BCUT2D eigenvalue weighted by Gasteiger charge is -1.98. The summed E-state index contributed by atoms with van der Waals surface area (Å²) in [6.45, 7) is 0. The average Bonchev–Trinajstić information content (AvgIpc) is 2.51. The maximum absolute atomic E-state index is 12.8. The maximum Gasteiger partial charge on any atom is 0.222 e. The number of rotatable bonds is 1. The molecule has 5 heteroatoms. The highest BCUT2D eigenvalue weighted by molar-refractivity contribution is 9.10. The first-order valence-corrected chi connectivity index (χ1v) is 4.64. The monoisotopic (exact) mass is 256 g/mol. The normalized spacial score (nSPS) is 10.4. The highest BCUT2D eigenvalue weighted by atomic mass is 79.9. The van der Waals surface area contributed by atoms with Gasteiger partial charge >= 0.3 is 0 Å². The summed E-state index contributed by atoms with van der Waals surface area (Å²) >= 11 is 3.23. The zero-order valence-electron chi connectivity index (χ0n) is 7.00. The number of aromatic nitrogens is 1. The van der Waals surface area contributed by atoms with Crippen LogP contribution in [0.2, 0.25) is 0 Å². The Hall–Kier alpha value is -1.36. The Morgan fingerprint density at radius 1 is 1.36 bits per heavy atom. The van der Waals surface area contributed by atoms with E-state index in [1.807, 2.05) is 0 Å². The second-order valence-electron chi connectivity index (χ2n) is 2.74. The molecule has 3 nitrogen and oxygen atoms in total. The van der Waals surface area contributed by atoms with E-state index >= 15 is 0 Å². The van der Waals surface area contributed by atoms with E-state index in [-0.39, 0.29) is 11.7 Å². The zero-order chi connectivity index (χ0) is 10.1. The van der Waals surface area contributed by atoms with E-state index in [2.05, 4.69) is 21.1 Å². The van der Waals surface area contributed by atoms with E-state index in [4.69, 9.17) is 10.3 Å². The largest absolute Gasteiger partial charge is 0.368 e. The maximum atomic E-state index is 12.8. The minimum absolute atomic E-state index is 0.233. The molecule has 1 aromatic carbocycles. The number of nitrogens with two attached hydrogens (primary N) is 1. The molecule has 0 unspecified atom stereocenters. The van der Waals surface area contributed by atoms with Gasteiger partial charge in [-0.2, -0.15) is 0 Å². The summed E-state index contributed by atoms with van der Waals surface area (Å²) in [5, 5.41) is 3.72. The Morgan fingerprint density at radius 2 is 2.14 bits per heavy atom. The Balaban J connectivity index is 2.52. The second kappa shape index (κ2) is 3.42. The predicted molar refractivity (Wildman–Crippen MR) is 54.0 cm³/mol. The summed E-state index contributed by atoms with van der Waals surface area (Å²) in [4.78, 5) is 0. The van der Waals surface area contributed by atoms with Gasteiger partial charge in [0.25, 0.3) is 0 Å². The summed E-state index contributed by atoms with van der Waals surface area (Å²) in [5.41, 5.74) is 6.70. The SMILES string of the molecule is Nc1cc(-c2ccc(F)cc2Br)no1. The molecule has 0 spiro atoms. The molecule has 1 aromatic heterocycles. The lowest BCUT2D eigenvalue weighted by molar-refractivity contribution is 0.439. The van der Waals surface area contributed by atoms with Crippen molar-refractivity contribution in [2.75, 3.05) is 5.73 Å². The molecule has 1 heterocycles. The smallest absolute Gasteiger partial charge is 0.222 e. The standard InChI is InChI=1S/C9H6BrFN2O/c10-7-3-5(11)1-2-6(7)8-4-9(12)14-13-8/h1-4H,12H2. The van der Waals surface area contributed by atoms with Crippen molar-refractivity contribution in [2.45, 2.75) is 0 Å². The van der Waals surface area contributed by atoms with Crippen LogP contribution in [0, 0.1) is 5.82 Å². The van der Waals surface area contributed by atoms with Crippen molar-refractivity contribution in [3.05, 3.63) is 34.6 Å². The molecule has 0 aliphatic rings. The Labute approximate surface area is 87.8 Å². The van der Waals surface area contributed by atoms with Crippen LogP contribution in [0.15, 0.2) is 33.3 Å². The first kappa shape index (κ1) is 9.21. The quantitative estimate of drug-likeness (QED) is 0.854. The van der Waals surface area contributed by atoms with Gasteiger partial charge in [0.15, 0.2) is 0 Å². The van der Waals surface area contributed by atoms with Gasteiger partial charge in [0.2, 0.25) is 5.88 Å². The number of hydrogen-bond donors (Lipinski definition) is 1. The van der Waals surface area contributed by atoms with Crippen LogP contribution >= 0.6 is 15.9 Å². The van der Waals surface area contributed by atoms with E-state index < -0.39 is 0 Å². The summed E-state index contributed by atoms with van der Waals surface area (Å²) < 4.78 is 18.1. The van der Waals surface area contributed by atoms with Crippen LogP contribution in [0.1, 0.15) is 0 Å². The van der Waals surface area contributed by atoms with Crippen LogP contribution in [0.4, 0.5) is 10.3 Å². The molecule has 0 radical (unpaired) electrons. The van der Waals surface area contributed by atoms with E-state index in [0.29, 0.717) is 10.2 Å². The third-order valence-electron chi connectivity index (χ3n) is 1.74. The second-order valence-corrected chi connectivity index (χ2v) is 3.59. The number of halogens is 2. The van der Waals surface area contributed by atoms with Crippen LogP contribution in [0.25, 0.3) is 11.3 Å². The molecule has 0 saturated carbocycles. The van der Waals surface area contributed by atoms with E-state index in [1.54, 1.807) is 12.1 Å². The molecular formula is C9H6BrFN2O. The summed E-state index contributed by atoms with van der Waals surface area (Å²) in [6, 6.07) is 5.90. The lowest BCUT2D eigenvalue weighted by Crippen LogP contribution is -1.81. The van der Waals surface area contributed by atoms with Gasteiger partial charge in [-0.05, 0) is 34.1 Å². The third kappa shape index (κ3) is 1.63. The molecule has 2 aromatic rings. The molecule has 14 heavy (non-hydrogen) atoms. The van der Waals surface area contributed by atoms with Gasteiger partial charge in [-0.3, -0.25) is 0 Å². The molecule has 0 atom stereocenters. The van der Waals surface area contributed by atoms with Crippen molar-refractivity contribution in [2.24, 2.45) is 0 Å². The molecule has 0 aliphatic carbocycles. The topological polar surface area (TPSA) is 52.0 Å². The first-order chi connectivity index (χ1) is 6.66. The number of nitrogens with zero attached hydrogens (tertiary/aromatic N) is 1. The molecule has 0 amide bonds. The lowest BCUT2D eigenvalue weighted by atomic mass is 10.1. The Morgan fingerprint density at radius 3 is 2.71 bits per heavy atom. The van der Waals surface area contributed by atoms with E-state index in [1.165, 1.54) is 12.1 Å². The van der Waals surface area contributed by atoms with Crippen molar-refractivity contribution < 1.29 is 8.91 Å². The van der Waals surface area contributed by atoms with Crippen molar-refractivity contribution >= 4 is 21.8 Å². The average molecular weight is 257 g/mol. The zero-order valence-corrected chi connectivity index (χ0v) is 8.58. The van der Waals surface area contributed by atoms with Gasteiger partial charge in [0.05, 0.1) is 0 Å². The van der Waals surface area contributed by atoms with Gasteiger partial charge in [0.1, 0.15) is 11.5 Å². The predicted octanol–water partition coefficient (Wildman–Crippen LogP) is 2.83. The minimum atomic E-state index is -0.308. The third-order valence-corrected chi connectivity index (χ3v) is 2.39. The van der Waals surface area contributed by atoms with Crippen molar-refractivity contribution in [1.82, 2.24) is 5.16 Å². The molecule has 2 rings (SSSR count). The number of hydrogen-bond acceptors (Lipinski definition) is 3. The number of benzene rings is 1. The van der Waals surface area contributed by atoms with Crippen LogP contribution in [0.5, 0.6) is 0 Å². The van der Waals surface area contributed by atoms with Gasteiger partial charge in [-0.15, -0.1) is 0 Å². The van der Waals surface area contributed by atoms with Crippen molar-refractivity contribution in [1.29, 1.82) is 0 Å². The van der Waals surface area contributed by atoms with Crippen molar-refractivity contribution in [3.63, 3.8) is 0 Å². The van der Waals surface area contributed by atoms with Crippen molar-refractivity contribution in [3.8, 4) is 11.3 Å². The summed E-state index contributed by atoms with van der Waals surface area (Å²) in [7, 11) is 0. The van der Waals surface area contributed by atoms with E-state index in [0.717, 1.165) is 5.56 Å².